The number of fused-ring (bicyclic) bond motifs is 1. The summed E-state index contributed by atoms with van der Waals surface area (Å²) in [5.74, 6) is -0.0242. The lowest BCUT2D eigenvalue weighted by Gasteiger charge is -2.36. The molecule has 0 spiro atoms. The molecule has 2 aliphatic heterocycles. The van der Waals surface area contributed by atoms with Crippen LogP contribution in [-0.2, 0) is 9.59 Å². The quantitative estimate of drug-likeness (QED) is 0.908. The van der Waals surface area contributed by atoms with Crippen molar-refractivity contribution in [3.63, 3.8) is 0 Å². The second-order valence-electron chi connectivity index (χ2n) is 6.67. The van der Waals surface area contributed by atoms with Crippen molar-refractivity contribution in [2.24, 2.45) is 0 Å². The van der Waals surface area contributed by atoms with Crippen molar-refractivity contribution in [2.45, 2.75) is 25.3 Å². The summed E-state index contributed by atoms with van der Waals surface area (Å²) in [7, 11) is 0. The van der Waals surface area contributed by atoms with Crippen LogP contribution in [0, 0.1) is 0 Å². The molecule has 2 amide bonds. The molecular formula is C18H22N4O2S. The van der Waals surface area contributed by atoms with Gasteiger partial charge in [0.05, 0.1) is 29.3 Å². The average Bonchev–Trinajstić information content (AvgIpc) is 3.06. The van der Waals surface area contributed by atoms with E-state index < -0.39 is 0 Å². The minimum atomic E-state index is -0.0685. The fourth-order valence-electron chi connectivity index (χ4n) is 3.62. The Labute approximate surface area is 150 Å². The summed E-state index contributed by atoms with van der Waals surface area (Å²) < 4.78 is 1.20. The molecule has 0 radical (unpaired) electrons. The monoisotopic (exact) mass is 358 g/mol. The maximum Gasteiger partial charge on any atom is 0.239 e. The van der Waals surface area contributed by atoms with Gasteiger partial charge < -0.3 is 10.2 Å². The summed E-state index contributed by atoms with van der Waals surface area (Å²) in [6.45, 7) is 2.61. The molecule has 2 fully saturated rings. The normalized spacial score (nSPS) is 22.2. The van der Waals surface area contributed by atoms with Crippen LogP contribution in [0.4, 0.5) is 0 Å². The summed E-state index contributed by atoms with van der Waals surface area (Å²) in [6.07, 6.45) is 3.31. The number of aromatic nitrogens is 1. The van der Waals surface area contributed by atoms with Gasteiger partial charge in [-0.05, 0) is 31.5 Å². The van der Waals surface area contributed by atoms with E-state index in [1.165, 1.54) is 4.70 Å². The lowest BCUT2D eigenvalue weighted by Crippen LogP contribution is -2.53. The third-order valence-corrected chi connectivity index (χ3v) is 6.08. The van der Waals surface area contributed by atoms with Gasteiger partial charge in [-0.1, -0.05) is 18.6 Å². The van der Waals surface area contributed by atoms with Crippen LogP contribution in [0.3, 0.4) is 0 Å². The van der Waals surface area contributed by atoms with Gasteiger partial charge in [0.2, 0.25) is 11.8 Å². The molecular weight excluding hydrogens is 336 g/mol. The smallest absolute Gasteiger partial charge is 0.239 e. The first-order chi connectivity index (χ1) is 12.2. The average molecular weight is 358 g/mol. The Morgan fingerprint density at radius 2 is 2.16 bits per heavy atom. The third-order valence-electron chi connectivity index (χ3n) is 4.94. The number of piperidine rings is 1. The second-order valence-corrected chi connectivity index (χ2v) is 7.73. The first kappa shape index (κ1) is 16.5. The first-order valence-corrected chi connectivity index (χ1v) is 9.66. The lowest BCUT2D eigenvalue weighted by molar-refractivity contribution is -0.139. The molecule has 7 heteroatoms. The predicted molar refractivity (Wildman–Crippen MR) is 97.4 cm³/mol. The van der Waals surface area contributed by atoms with Gasteiger partial charge in [-0.25, -0.2) is 4.98 Å². The van der Waals surface area contributed by atoms with E-state index in [9.17, 15) is 9.59 Å². The van der Waals surface area contributed by atoms with Crippen molar-refractivity contribution in [1.29, 1.82) is 0 Å². The summed E-state index contributed by atoms with van der Waals surface area (Å²) in [5.41, 5.74) is 1.03. The summed E-state index contributed by atoms with van der Waals surface area (Å²) >= 11 is 1.73. The number of nitrogens with zero attached hydrogens (tertiary/aromatic N) is 3. The van der Waals surface area contributed by atoms with E-state index in [1.54, 1.807) is 16.2 Å². The standard InChI is InChI=1S/C18H22N4O2S/c23-16-11-22(10-8-19-16)17(24)12-21-9-4-3-6-14(21)18-20-13-5-1-2-7-15(13)25-18/h1-2,5,7,14H,3-4,6,8-12H2,(H,19,23). The van der Waals surface area contributed by atoms with Gasteiger partial charge in [-0.15, -0.1) is 11.3 Å². The number of hydrogen-bond acceptors (Lipinski definition) is 5. The summed E-state index contributed by atoms with van der Waals surface area (Å²) in [6, 6.07) is 8.39. The second kappa shape index (κ2) is 7.09. The molecule has 6 nitrogen and oxygen atoms in total. The van der Waals surface area contributed by atoms with Crippen molar-refractivity contribution in [1.82, 2.24) is 20.1 Å². The van der Waals surface area contributed by atoms with Crippen molar-refractivity contribution in [3.05, 3.63) is 29.3 Å². The van der Waals surface area contributed by atoms with Crippen LogP contribution < -0.4 is 5.32 Å². The highest BCUT2D eigenvalue weighted by Crippen LogP contribution is 2.35. The molecule has 4 rings (SSSR count). The molecule has 0 saturated carbocycles. The minimum Gasteiger partial charge on any atom is -0.353 e. The van der Waals surface area contributed by atoms with Gasteiger partial charge in [-0.2, -0.15) is 0 Å². The molecule has 1 aromatic heterocycles. The van der Waals surface area contributed by atoms with Crippen LogP contribution in [0.15, 0.2) is 24.3 Å². The SMILES string of the molecule is O=C1CN(C(=O)CN2CCCCC2c2nc3ccccc3s2)CCN1. The van der Waals surface area contributed by atoms with Crippen molar-refractivity contribution in [3.8, 4) is 0 Å². The number of carbonyl (C=O) groups is 2. The third kappa shape index (κ3) is 3.52. The number of hydrogen-bond donors (Lipinski definition) is 1. The van der Waals surface area contributed by atoms with Crippen LogP contribution in [0.1, 0.15) is 30.3 Å². The maximum absolute atomic E-state index is 12.6. The van der Waals surface area contributed by atoms with Crippen LogP contribution in [0.25, 0.3) is 10.2 Å². The lowest BCUT2D eigenvalue weighted by atomic mass is 10.0. The number of carbonyl (C=O) groups excluding carboxylic acids is 2. The molecule has 2 aromatic rings. The Kier molecular flexibility index (Phi) is 4.67. The Hall–Kier alpha value is -1.99. The predicted octanol–water partition coefficient (Wildman–Crippen LogP) is 1.78. The van der Waals surface area contributed by atoms with Gasteiger partial charge in [0.15, 0.2) is 0 Å². The van der Waals surface area contributed by atoms with E-state index in [-0.39, 0.29) is 24.4 Å². The van der Waals surface area contributed by atoms with Crippen molar-refractivity contribution < 1.29 is 9.59 Å². The fourth-order valence-corrected chi connectivity index (χ4v) is 4.75. The van der Waals surface area contributed by atoms with E-state index in [0.717, 1.165) is 36.3 Å². The molecule has 0 aliphatic carbocycles. The molecule has 2 saturated heterocycles. The molecule has 132 valence electrons. The first-order valence-electron chi connectivity index (χ1n) is 8.85. The maximum atomic E-state index is 12.6. The summed E-state index contributed by atoms with van der Waals surface area (Å²) in [5, 5.41) is 3.87. The molecule has 25 heavy (non-hydrogen) atoms. The zero-order valence-electron chi connectivity index (χ0n) is 14.1. The topological polar surface area (TPSA) is 65.5 Å². The molecule has 1 atom stereocenters. The van der Waals surface area contributed by atoms with Gasteiger partial charge in [0.1, 0.15) is 5.01 Å². The Balaban J connectivity index is 1.50. The molecule has 0 bridgehead atoms. The van der Waals surface area contributed by atoms with E-state index in [1.807, 2.05) is 18.2 Å². The Morgan fingerprint density at radius 1 is 1.28 bits per heavy atom. The molecule has 1 unspecified atom stereocenters. The van der Waals surface area contributed by atoms with Gasteiger partial charge >= 0.3 is 0 Å². The Bertz CT molecular complexity index is 757. The zero-order valence-corrected chi connectivity index (χ0v) is 14.9. The number of thiazole rings is 1. The van der Waals surface area contributed by atoms with Gasteiger partial charge in [0.25, 0.3) is 0 Å². The van der Waals surface area contributed by atoms with E-state index in [4.69, 9.17) is 4.98 Å². The van der Waals surface area contributed by atoms with Crippen LogP contribution in [0.5, 0.6) is 0 Å². The fraction of sp³-hybridized carbons (Fsp3) is 0.500. The highest BCUT2D eigenvalue weighted by Gasteiger charge is 2.30. The van der Waals surface area contributed by atoms with Gasteiger partial charge in [0, 0.05) is 13.1 Å². The Morgan fingerprint density at radius 3 is 3.00 bits per heavy atom. The van der Waals surface area contributed by atoms with E-state index in [0.29, 0.717) is 19.6 Å². The number of piperazine rings is 1. The van der Waals surface area contributed by atoms with Crippen LogP contribution in [-0.4, -0.2) is 59.3 Å². The van der Waals surface area contributed by atoms with Crippen molar-refractivity contribution >= 4 is 33.4 Å². The van der Waals surface area contributed by atoms with Gasteiger partial charge in [-0.3, -0.25) is 14.5 Å². The number of rotatable bonds is 3. The number of likely N-dealkylation sites (tertiary alicyclic amines) is 1. The highest BCUT2D eigenvalue weighted by molar-refractivity contribution is 7.18. The number of nitrogens with one attached hydrogen (secondary N) is 1. The van der Waals surface area contributed by atoms with Crippen LogP contribution >= 0.6 is 11.3 Å². The van der Waals surface area contributed by atoms with E-state index >= 15 is 0 Å². The highest BCUT2D eigenvalue weighted by atomic mass is 32.1. The van der Waals surface area contributed by atoms with Crippen LogP contribution in [0.2, 0.25) is 0 Å². The number of para-hydroxylation sites is 1. The number of amides is 2. The molecule has 1 N–H and O–H groups in total. The van der Waals surface area contributed by atoms with E-state index in [2.05, 4.69) is 16.3 Å². The van der Waals surface area contributed by atoms with Crippen molar-refractivity contribution in [2.75, 3.05) is 32.7 Å². The number of benzene rings is 1. The molecule has 3 heterocycles. The zero-order chi connectivity index (χ0) is 17.2. The molecule has 1 aromatic carbocycles. The largest absolute Gasteiger partial charge is 0.353 e. The summed E-state index contributed by atoms with van der Waals surface area (Å²) in [4.78, 5) is 32.9. The molecule has 2 aliphatic rings. The minimum absolute atomic E-state index is 0.0443.